The molecule has 0 bridgehead atoms. The molecule has 0 saturated carbocycles. The maximum absolute atomic E-state index is 15.2. The van der Waals surface area contributed by atoms with Crippen LogP contribution in [0.4, 0.5) is 32.8 Å². The molecule has 0 N–H and O–H groups in total. The number of fused-ring (bicyclic) bond motifs is 2. The Labute approximate surface area is 346 Å². The average molecular weight is 781 g/mol. The molecular formula is C53H36N2OS2. The van der Waals surface area contributed by atoms with Gasteiger partial charge >= 0.3 is 0 Å². The zero-order valence-electron chi connectivity index (χ0n) is 31.4. The maximum atomic E-state index is 15.2. The summed E-state index contributed by atoms with van der Waals surface area (Å²) in [6, 6.07) is 75.8. The van der Waals surface area contributed by atoms with E-state index < -0.39 is 0 Å². The summed E-state index contributed by atoms with van der Waals surface area (Å²) in [6.45, 7) is 0. The summed E-state index contributed by atoms with van der Waals surface area (Å²) in [5, 5.41) is 6.56. The van der Waals surface area contributed by atoms with E-state index in [1.165, 1.54) is 0 Å². The molecule has 0 aliphatic carbocycles. The third-order valence-electron chi connectivity index (χ3n) is 10.5. The Hall–Kier alpha value is -7.05. The number of rotatable bonds is 10. The lowest BCUT2D eigenvalue weighted by atomic mass is 10.0. The van der Waals surface area contributed by atoms with Crippen molar-refractivity contribution < 1.29 is 4.79 Å². The Morgan fingerprint density at radius 3 is 1.12 bits per heavy atom. The van der Waals surface area contributed by atoms with Crippen LogP contribution in [0.5, 0.6) is 0 Å². The van der Waals surface area contributed by atoms with Crippen molar-refractivity contribution in [2.24, 2.45) is 0 Å². The summed E-state index contributed by atoms with van der Waals surface area (Å²) in [5.74, 6) is -0.00118. The van der Waals surface area contributed by atoms with Crippen molar-refractivity contribution in [2.45, 2.75) is 0 Å². The van der Waals surface area contributed by atoms with Crippen LogP contribution in [0, 0.1) is 0 Å². The Balaban J connectivity index is 1.18. The number of carbonyl (C=O) groups excluding carboxylic acids is 1. The van der Waals surface area contributed by atoms with Crippen LogP contribution < -0.4 is 9.80 Å². The van der Waals surface area contributed by atoms with Gasteiger partial charge in [-0.2, -0.15) is 0 Å². The highest BCUT2D eigenvalue weighted by atomic mass is 32.1. The SMILES string of the molecule is O=C(c1cc(-c2ccccc2)c(N(c2ccccc2)c2cccc3ccccc23)s1)c1cc(-c2ccccc2)c(N(c2ccccc2)c2cccc3ccccc23)s1. The summed E-state index contributed by atoms with van der Waals surface area (Å²) in [7, 11) is 0. The van der Waals surface area contributed by atoms with Gasteiger partial charge in [0.25, 0.3) is 0 Å². The van der Waals surface area contributed by atoms with Crippen molar-refractivity contribution in [3.05, 3.63) is 228 Å². The molecule has 0 unspecified atom stereocenters. The number of thiophene rings is 2. The second kappa shape index (κ2) is 15.5. The van der Waals surface area contributed by atoms with Crippen molar-refractivity contribution in [3.63, 3.8) is 0 Å². The van der Waals surface area contributed by atoms with Gasteiger partial charge in [0.1, 0.15) is 10.0 Å². The molecule has 8 aromatic carbocycles. The smallest absolute Gasteiger partial charge is 0.213 e. The second-order valence-electron chi connectivity index (χ2n) is 14.1. The quantitative estimate of drug-likeness (QED) is 0.129. The van der Waals surface area contributed by atoms with E-state index in [9.17, 15) is 0 Å². The standard InChI is InChI=1S/C53H36N2OS2/c56-51(49-35-45(39-19-5-1-6-20-39)52(57-49)54(41-27-9-3-10-28-41)47-33-17-25-37-23-13-15-31-43(37)47)50-36-46(40-21-7-2-8-22-40)53(58-50)55(42-29-11-4-12-30-42)48-34-18-26-38-24-14-16-32-44(38)48/h1-36H. The highest BCUT2D eigenvalue weighted by molar-refractivity contribution is 7.22. The number of carbonyl (C=O) groups is 1. The Bertz CT molecular complexity index is 2810. The molecule has 2 aromatic heterocycles. The van der Waals surface area contributed by atoms with Crippen molar-refractivity contribution in [1.29, 1.82) is 0 Å². The predicted octanol–water partition coefficient (Wildman–Crippen LogP) is 15.6. The van der Waals surface area contributed by atoms with Gasteiger partial charge in [-0.15, -0.1) is 22.7 Å². The average Bonchev–Trinajstić information content (AvgIpc) is 3.94. The minimum absolute atomic E-state index is 0.00118. The summed E-state index contributed by atoms with van der Waals surface area (Å²) in [4.78, 5) is 21.2. The van der Waals surface area contributed by atoms with Crippen LogP contribution in [-0.4, -0.2) is 5.78 Å². The van der Waals surface area contributed by atoms with Crippen LogP contribution in [0.25, 0.3) is 43.8 Å². The molecule has 0 amide bonds. The molecule has 2 heterocycles. The Morgan fingerprint density at radius 1 is 0.362 bits per heavy atom. The lowest BCUT2D eigenvalue weighted by Gasteiger charge is -2.26. The molecule has 0 spiro atoms. The molecular weight excluding hydrogens is 745 g/mol. The van der Waals surface area contributed by atoms with Crippen molar-refractivity contribution in [3.8, 4) is 22.3 Å². The van der Waals surface area contributed by atoms with Gasteiger partial charge in [-0.05, 0) is 70.4 Å². The van der Waals surface area contributed by atoms with Crippen LogP contribution >= 0.6 is 22.7 Å². The first-order valence-electron chi connectivity index (χ1n) is 19.3. The van der Waals surface area contributed by atoms with Gasteiger partial charge in [-0.1, -0.05) is 170 Å². The minimum atomic E-state index is -0.00118. The highest BCUT2D eigenvalue weighted by Crippen LogP contribution is 2.51. The Morgan fingerprint density at radius 2 is 0.707 bits per heavy atom. The molecule has 0 radical (unpaired) electrons. The maximum Gasteiger partial charge on any atom is 0.213 e. The van der Waals surface area contributed by atoms with Gasteiger partial charge in [-0.3, -0.25) is 4.79 Å². The highest BCUT2D eigenvalue weighted by Gasteiger charge is 2.28. The van der Waals surface area contributed by atoms with Gasteiger partial charge < -0.3 is 9.80 Å². The largest absolute Gasteiger partial charge is 0.301 e. The first-order valence-corrected chi connectivity index (χ1v) is 20.9. The summed E-state index contributed by atoms with van der Waals surface area (Å²) in [5.41, 5.74) is 8.28. The number of ketones is 1. The number of para-hydroxylation sites is 2. The van der Waals surface area contributed by atoms with Crippen LogP contribution in [0.2, 0.25) is 0 Å². The molecule has 0 saturated heterocycles. The molecule has 0 aliphatic heterocycles. The molecule has 58 heavy (non-hydrogen) atoms. The zero-order valence-corrected chi connectivity index (χ0v) is 33.0. The molecule has 0 aliphatic rings. The number of hydrogen-bond acceptors (Lipinski definition) is 5. The molecule has 5 heteroatoms. The lowest BCUT2D eigenvalue weighted by molar-refractivity contribution is 0.104. The van der Waals surface area contributed by atoms with Crippen molar-refractivity contribution in [2.75, 3.05) is 9.80 Å². The molecule has 10 aromatic rings. The van der Waals surface area contributed by atoms with Gasteiger partial charge in [0.2, 0.25) is 5.78 Å². The molecule has 10 rings (SSSR count). The van der Waals surface area contributed by atoms with Gasteiger partial charge in [-0.25, -0.2) is 0 Å². The van der Waals surface area contributed by atoms with E-state index in [4.69, 9.17) is 0 Å². The zero-order chi connectivity index (χ0) is 38.8. The van der Waals surface area contributed by atoms with E-state index in [1.54, 1.807) is 22.7 Å². The number of benzene rings is 8. The van der Waals surface area contributed by atoms with E-state index in [2.05, 4.69) is 204 Å². The predicted molar refractivity (Wildman–Crippen MR) is 247 cm³/mol. The van der Waals surface area contributed by atoms with Crippen LogP contribution in [0.15, 0.2) is 218 Å². The monoisotopic (exact) mass is 780 g/mol. The molecule has 0 fully saturated rings. The third-order valence-corrected chi connectivity index (χ3v) is 12.7. The summed E-state index contributed by atoms with van der Waals surface area (Å²) < 4.78 is 0. The molecule has 276 valence electrons. The molecule has 3 nitrogen and oxygen atoms in total. The van der Waals surface area contributed by atoms with Gasteiger partial charge in [0.05, 0.1) is 21.1 Å². The van der Waals surface area contributed by atoms with E-state index >= 15 is 4.79 Å². The van der Waals surface area contributed by atoms with Crippen molar-refractivity contribution >= 4 is 82.8 Å². The number of nitrogens with zero attached hydrogens (tertiary/aromatic N) is 2. The number of hydrogen-bond donors (Lipinski definition) is 0. The number of anilines is 6. The fourth-order valence-corrected chi connectivity index (χ4v) is 10.2. The van der Waals surface area contributed by atoms with E-state index in [0.717, 1.165) is 76.6 Å². The van der Waals surface area contributed by atoms with Crippen LogP contribution in [-0.2, 0) is 0 Å². The fourth-order valence-electron chi connectivity index (χ4n) is 7.78. The van der Waals surface area contributed by atoms with E-state index in [0.29, 0.717) is 9.75 Å². The van der Waals surface area contributed by atoms with Crippen molar-refractivity contribution in [1.82, 2.24) is 0 Å². The third kappa shape index (κ3) is 6.56. The summed E-state index contributed by atoms with van der Waals surface area (Å²) >= 11 is 3.09. The first kappa shape index (κ1) is 35.4. The van der Waals surface area contributed by atoms with E-state index in [1.807, 2.05) is 24.3 Å². The van der Waals surface area contributed by atoms with Gasteiger partial charge in [0.15, 0.2) is 0 Å². The van der Waals surface area contributed by atoms with Crippen LogP contribution in [0.1, 0.15) is 14.5 Å². The lowest BCUT2D eigenvalue weighted by Crippen LogP contribution is -2.10. The molecule has 0 atom stereocenters. The fraction of sp³-hybridized carbons (Fsp3) is 0. The summed E-state index contributed by atoms with van der Waals surface area (Å²) in [6.07, 6.45) is 0. The second-order valence-corrected chi connectivity index (χ2v) is 16.1. The van der Waals surface area contributed by atoms with Gasteiger partial charge in [0, 0.05) is 33.3 Å². The van der Waals surface area contributed by atoms with E-state index in [-0.39, 0.29) is 5.78 Å². The first-order chi connectivity index (χ1) is 28.7. The topological polar surface area (TPSA) is 23.6 Å². The Kier molecular flexibility index (Phi) is 9.44. The normalized spacial score (nSPS) is 11.2. The van der Waals surface area contributed by atoms with Crippen LogP contribution in [0.3, 0.4) is 0 Å². The minimum Gasteiger partial charge on any atom is -0.301 e.